The highest BCUT2D eigenvalue weighted by Crippen LogP contribution is 2.30. The molecule has 0 aliphatic rings. The summed E-state index contributed by atoms with van der Waals surface area (Å²) in [6.45, 7) is 1.90. The van der Waals surface area contributed by atoms with Crippen molar-refractivity contribution in [3.05, 3.63) is 77.6 Å². The van der Waals surface area contributed by atoms with Gasteiger partial charge in [-0.15, -0.1) is 0 Å². The average Bonchev–Trinajstić information content (AvgIpc) is 2.78. The van der Waals surface area contributed by atoms with Gasteiger partial charge in [-0.1, -0.05) is 6.07 Å². The molecule has 3 aromatic carbocycles. The number of ether oxygens (including phenoxy) is 1. The van der Waals surface area contributed by atoms with E-state index in [9.17, 15) is 22.8 Å². The van der Waals surface area contributed by atoms with Crippen LogP contribution in [0.1, 0.15) is 17.3 Å². The van der Waals surface area contributed by atoms with Crippen molar-refractivity contribution in [3.63, 3.8) is 0 Å². The molecule has 3 aromatic rings. The Kier molecular flexibility index (Phi) is 7.42. The Labute approximate surface area is 194 Å². The number of amides is 2. The van der Waals surface area contributed by atoms with E-state index in [1.807, 2.05) is 0 Å². The summed E-state index contributed by atoms with van der Waals surface area (Å²) in [6, 6.07) is 11.6. The molecule has 34 heavy (non-hydrogen) atoms. The molecule has 0 bridgehead atoms. The average molecular weight is 472 g/mol. The molecule has 0 fully saturated rings. The molecule has 0 aromatic heterocycles. The Hall–Kier alpha value is -4.05. The van der Waals surface area contributed by atoms with Gasteiger partial charge in [0.1, 0.15) is 5.82 Å². The number of nitrogens with one attached hydrogen (secondary N) is 1. The molecule has 2 amide bonds. The van der Waals surface area contributed by atoms with Gasteiger partial charge in [0.05, 0.1) is 23.7 Å². The van der Waals surface area contributed by atoms with Gasteiger partial charge < -0.3 is 15.8 Å². The number of benzene rings is 3. The normalized spacial score (nSPS) is 10.8. The van der Waals surface area contributed by atoms with Gasteiger partial charge in [-0.2, -0.15) is 0 Å². The maximum atomic E-state index is 14.2. The number of anilines is 3. The van der Waals surface area contributed by atoms with E-state index in [1.54, 1.807) is 33.2 Å². The first-order chi connectivity index (χ1) is 16.1. The van der Waals surface area contributed by atoms with Gasteiger partial charge in [0, 0.05) is 31.3 Å². The van der Waals surface area contributed by atoms with Gasteiger partial charge in [-0.3, -0.25) is 4.79 Å². The minimum absolute atomic E-state index is 0.164. The van der Waals surface area contributed by atoms with Crippen LogP contribution in [0, 0.1) is 17.5 Å². The first kappa shape index (κ1) is 24.6. The highest BCUT2D eigenvalue weighted by molar-refractivity contribution is 6.06. The number of nitrogens with zero attached hydrogens (tertiary/aromatic N) is 2. The summed E-state index contributed by atoms with van der Waals surface area (Å²) in [6.07, 6.45) is -0.571. The fraction of sp³-hybridized carbons (Fsp3) is 0.167. The maximum Gasteiger partial charge on any atom is 0.429 e. The van der Waals surface area contributed by atoms with E-state index >= 15 is 0 Å². The van der Waals surface area contributed by atoms with Crippen LogP contribution >= 0.6 is 0 Å². The smallest absolute Gasteiger partial charge is 0.429 e. The zero-order valence-corrected chi connectivity index (χ0v) is 18.7. The van der Waals surface area contributed by atoms with Crippen LogP contribution in [0.2, 0.25) is 0 Å². The number of halogens is 3. The molecule has 3 N–H and O–H groups in total. The molecule has 0 aliphatic heterocycles. The first-order valence-corrected chi connectivity index (χ1v) is 10.2. The second-order valence-corrected chi connectivity index (χ2v) is 7.41. The van der Waals surface area contributed by atoms with Crippen molar-refractivity contribution in [1.29, 1.82) is 0 Å². The predicted molar refractivity (Wildman–Crippen MR) is 124 cm³/mol. The Morgan fingerprint density at radius 3 is 2.21 bits per heavy atom. The number of hydrogen-bond donors (Lipinski definition) is 2. The van der Waals surface area contributed by atoms with Gasteiger partial charge in [-0.05, 0) is 55.0 Å². The summed E-state index contributed by atoms with van der Waals surface area (Å²) in [5, 5.41) is 5.46. The molecule has 0 radical (unpaired) electrons. The highest BCUT2D eigenvalue weighted by atomic mass is 19.2. The number of nitrogens with two attached hydrogens (primary N) is 1. The van der Waals surface area contributed by atoms with Crippen LogP contribution in [0.4, 0.5) is 35.0 Å². The van der Waals surface area contributed by atoms with Crippen LogP contribution in [-0.2, 0) is 4.74 Å². The van der Waals surface area contributed by atoms with Gasteiger partial charge in [0.15, 0.2) is 11.6 Å². The number of carbonyl (C=O) groups excluding carboxylic acids is 2. The number of hydrogen-bond acceptors (Lipinski definition) is 5. The van der Waals surface area contributed by atoms with E-state index < -0.39 is 29.5 Å². The summed E-state index contributed by atoms with van der Waals surface area (Å²) < 4.78 is 46.1. The van der Waals surface area contributed by atoms with E-state index in [4.69, 9.17) is 10.5 Å². The standard InChI is InChI=1S/C24H23F3N4O3/c1-4-34-24(33)31(30(2)3)16-8-5-14(6-9-16)23(32)29-22-11-15(7-10-21(22)28)17-12-19(26)20(27)13-18(17)25/h5-13H,4,28H2,1-3H3,(H,29,32). The Morgan fingerprint density at radius 1 is 0.941 bits per heavy atom. The summed E-state index contributed by atoms with van der Waals surface area (Å²) in [5.41, 5.74) is 7.06. The molecule has 10 heteroatoms. The van der Waals surface area contributed by atoms with Crippen molar-refractivity contribution >= 4 is 29.1 Å². The maximum absolute atomic E-state index is 14.2. The van der Waals surface area contributed by atoms with E-state index in [0.29, 0.717) is 11.8 Å². The van der Waals surface area contributed by atoms with Crippen molar-refractivity contribution < 1.29 is 27.5 Å². The Bertz CT molecular complexity index is 1220. The minimum Gasteiger partial charge on any atom is -0.448 e. The van der Waals surface area contributed by atoms with E-state index in [1.165, 1.54) is 40.3 Å². The van der Waals surface area contributed by atoms with Crippen molar-refractivity contribution in [3.8, 4) is 11.1 Å². The topological polar surface area (TPSA) is 87.9 Å². The summed E-state index contributed by atoms with van der Waals surface area (Å²) >= 11 is 0. The molecule has 0 heterocycles. The van der Waals surface area contributed by atoms with Crippen LogP contribution in [0.25, 0.3) is 11.1 Å². The van der Waals surface area contributed by atoms with E-state index in [0.717, 1.165) is 6.07 Å². The molecule has 0 spiro atoms. The predicted octanol–water partition coefficient (Wildman–Crippen LogP) is 5.04. The second kappa shape index (κ2) is 10.3. The quantitative estimate of drug-likeness (QED) is 0.298. The van der Waals surface area contributed by atoms with E-state index in [2.05, 4.69) is 5.32 Å². The molecule has 0 atom stereocenters. The van der Waals surface area contributed by atoms with Crippen LogP contribution < -0.4 is 16.1 Å². The fourth-order valence-corrected chi connectivity index (χ4v) is 3.21. The molecule has 0 saturated carbocycles. The van der Waals surface area contributed by atoms with Crippen molar-refractivity contribution in [2.75, 3.05) is 36.8 Å². The van der Waals surface area contributed by atoms with Gasteiger partial charge in [-0.25, -0.2) is 28.0 Å². The van der Waals surface area contributed by atoms with Crippen molar-refractivity contribution in [1.82, 2.24) is 5.01 Å². The molecular weight excluding hydrogens is 449 g/mol. The first-order valence-electron chi connectivity index (χ1n) is 10.2. The summed E-state index contributed by atoms with van der Waals surface area (Å²) in [5.74, 6) is -3.98. The SMILES string of the molecule is CCOC(=O)N(c1ccc(C(=O)Nc2cc(-c3cc(F)c(F)cc3F)ccc2N)cc1)N(C)C. The highest BCUT2D eigenvalue weighted by Gasteiger charge is 2.20. The molecule has 0 saturated heterocycles. The lowest BCUT2D eigenvalue weighted by molar-refractivity contribution is 0.102. The molecular formula is C24H23F3N4O3. The largest absolute Gasteiger partial charge is 0.448 e. The fourth-order valence-electron chi connectivity index (χ4n) is 3.21. The van der Waals surface area contributed by atoms with Gasteiger partial charge in [0.25, 0.3) is 5.91 Å². The summed E-state index contributed by atoms with van der Waals surface area (Å²) in [4.78, 5) is 25.0. The minimum atomic E-state index is -1.30. The molecule has 3 rings (SSSR count). The van der Waals surface area contributed by atoms with Crippen molar-refractivity contribution in [2.24, 2.45) is 0 Å². The number of rotatable bonds is 6. The number of carbonyl (C=O) groups is 2. The third kappa shape index (κ3) is 5.29. The Balaban J connectivity index is 1.84. The van der Waals surface area contributed by atoms with Crippen LogP contribution in [0.3, 0.4) is 0 Å². The Morgan fingerprint density at radius 2 is 1.59 bits per heavy atom. The lowest BCUT2D eigenvalue weighted by Gasteiger charge is -2.27. The zero-order valence-electron chi connectivity index (χ0n) is 18.7. The zero-order chi connectivity index (χ0) is 25.0. The van der Waals surface area contributed by atoms with Crippen LogP contribution in [0.5, 0.6) is 0 Å². The monoisotopic (exact) mass is 472 g/mol. The third-order valence-electron chi connectivity index (χ3n) is 4.84. The summed E-state index contributed by atoms with van der Waals surface area (Å²) in [7, 11) is 3.34. The number of hydrazine groups is 1. The second-order valence-electron chi connectivity index (χ2n) is 7.41. The van der Waals surface area contributed by atoms with Crippen molar-refractivity contribution in [2.45, 2.75) is 6.92 Å². The molecule has 0 unspecified atom stereocenters. The van der Waals surface area contributed by atoms with Gasteiger partial charge >= 0.3 is 6.09 Å². The van der Waals surface area contributed by atoms with Crippen LogP contribution in [0.15, 0.2) is 54.6 Å². The lowest BCUT2D eigenvalue weighted by Crippen LogP contribution is -2.42. The van der Waals surface area contributed by atoms with Crippen LogP contribution in [-0.4, -0.2) is 37.7 Å². The lowest BCUT2D eigenvalue weighted by atomic mass is 10.0. The molecule has 178 valence electrons. The molecule has 7 nitrogen and oxygen atoms in total. The number of nitrogen functional groups attached to an aromatic ring is 1. The van der Waals surface area contributed by atoms with Gasteiger partial charge in [0.2, 0.25) is 0 Å². The molecule has 0 aliphatic carbocycles. The third-order valence-corrected chi connectivity index (χ3v) is 4.84. The van der Waals surface area contributed by atoms with E-state index in [-0.39, 0.29) is 34.7 Å².